The van der Waals surface area contributed by atoms with Crippen LogP contribution < -0.4 is 5.32 Å². The molecule has 0 saturated heterocycles. The quantitative estimate of drug-likeness (QED) is 0.814. The second kappa shape index (κ2) is 6.01. The molecule has 3 heteroatoms. The average molecular weight is 249 g/mol. The van der Waals surface area contributed by atoms with Gasteiger partial charge in [0.1, 0.15) is 5.54 Å². The fourth-order valence-electron chi connectivity index (χ4n) is 2.18. The van der Waals surface area contributed by atoms with Crippen LogP contribution >= 0.6 is 0 Å². The molecule has 0 aliphatic rings. The molecule has 1 aromatic rings. The SMILES string of the molecule is CCCC(C)(NCc1c(C)cccc1C)C(=O)O. The molecule has 0 heterocycles. The van der Waals surface area contributed by atoms with E-state index in [1.807, 2.05) is 13.0 Å². The van der Waals surface area contributed by atoms with Gasteiger partial charge >= 0.3 is 5.97 Å². The molecule has 1 unspecified atom stereocenters. The molecule has 1 atom stereocenters. The highest BCUT2D eigenvalue weighted by Gasteiger charge is 2.31. The Morgan fingerprint density at radius 2 is 1.89 bits per heavy atom. The van der Waals surface area contributed by atoms with E-state index in [2.05, 4.69) is 31.3 Å². The second-order valence-electron chi connectivity index (χ2n) is 5.11. The third-order valence-electron chi connectivity index (χ3n) is 3.52. The molecule has 0 radical (unpaired) electrons. The minimum absolute atomic E-state index is 0.599. The predicted octanol–water partition coefficient (Wildman–Crippen LogP) is 3.04. The summed E-state index contributed by atoms with van der Waals surface area (Å²) in [5.74, 6) is -0.782. The molecule has 0 aromatic heterocycles. The fourth-order valence-corrected chi connectivity index (χ4v) is 2.18. The Morgan fingerprint density at radius 3 is 2.33 bits per heavy atom. The topological polar surface area (TPSA) is 49.3 Å². The van der Waals surface area contributed by atoms with E-state index in [0.29, 0.717) is 13.0 Å². The molecule has 2 N–H and O–H groups in total. The molecule has 0 spiro atoms. The summed E-state index contributed by atoms with van der Waals surface area (Å²) in [7, 11) is 0. The first-order valence-electron chi connectivity index (χ1n) is 6.44. The highest BCUT2D eigenvalue weighted by atomic mass is 16.4. The van der Waals surface area contributed by atoms with Crippen molar-refractivity contribution in [3.8, 4) is 0 Å². The molecule has 0 fully saturated rings. The van der Waals surface area contributed by atoms with Gasteiger partial charge in [-0.1, -0.05) is 31.5 Å². The van der Waals surface area contributed by atoms with Crippen molar-refractivity contribution in [2.45, 2.75) is 52.6 Å². The predicted molar refractivity (Wildman–Crippen MR) is 73.7 cm³/mol. The number of aryl methyl sites for hydroxylation is 2. The summed E-state index contributed by atoms with van der Waals surface area (Å²) in [6.07, 6.45) is 1.48. The van der Waals surface area contributed by atoms with Crippen LogP contribution in [0.4, 0.5) is 0 Å². The minimum atomic E-state index is -0.844. The van der Waals surface area contributed by atoms with Crippen LogP contribution in [-0.4, -0.2) is 16.6 Å². The van der Waals surface area contributed by atoms with Crippen LogP contribution in [0.1, 0.15) is 43.4 Å². The molecule has 100 valence electrons. The Bertz CT molecular complexity index is 408. The lowest BCUT2D eigenvalue weighted by molar-refractivity contribution is -0.144. The standard InChI is InChI=1S/C15H23NO2/c1-5-9-15(4,14(17)18)16-10-13-11(2)7-6-8-12(13)3/h6-8,16H,5,9-10H2,1-4H3,(H,17,18). The third kappa shape index (κ3) is 3.33. The zero-order chi connectivity index (χ0) is 13.8. The molecule has 1 rings (SSSR count). The van der Waals surface area contributed by atoms with E-state index in [9.17, 15) is 9.90 Å². The van der Waals surface area contributed by atoms with Gasteiger partial charge in [0, 0.05) is 6.54 Å². The summed E-state index contributed by atoms with van der Waals surface area (Å²) in [5.41, 5.74) is 2.75. The zero-order valence-corrected chi connectivity index (χ0v) is 11.7. The number of aliphatic carboxylic acids is 1. The van der Waals surface area contributed by atoms with Gasteiger partial charge in [-0.25, -0.2) is 0 Å². The molecule has 0 bridgehead atoms. The highest BCUT2D eigenvalue weighted by Crippen LogP contribution is 2.17. The summed E-state index contributed by atoms with van der Waals surface area (Å²) >= 11 is 0. The lowest BCUT2D eigenvalue weighted by atomic mass is 9.95. The van der Waals surface area contributed by atoms with E-state index in [-0.39, 0.29) is 0 Å². The van der Waals surface area contributed by atoms with Crippen molar-refractivity contribution in [1.29, 1.82) is 0 Å². The van der Waals surface area contributed by atoms with Gasteiger partial charge in [0.25, 0.3) is 0 Å². The van der Waals surface area contributed by atoms with Gasteiger partial charge in [-0.15, -0.1) is 0 Å². The van der Waals surface area contributed by atoms with Gasteiger partial charge in [0.05, 0.1) is 0 Å². The Kier molecular flexibility index (Phi) is 4.91. The number of benzene rings is 1. The van der Waals surface area contributed by atoms with Gasteiger partial charge in [0.15, 0.2) is 0 Å². The lowest BCUT2D eigenvalue weighted by Crippen LogP contribution is -2.49. The van der Waals surface area contributed by atoms with Crippen LogP contribution in [0, 0.1) is 13.8 Å². The largest absolute Gasteiger partial charge is 0.480 e. The average Bonchev–Trinajstić information content (AvgIpc) is 2.28. The van der Waals surface area contributed by atoms with Gasteiger partial charge in [-0.3, -0.25) is 10.1 Å². The number of carboxylic acids is 1. The van der Waals surface area contributed by atoms with Crippen LogP contribution in [0.15, 0.2) is 18.2 Å². The van der Waals surface area contributed by atoms with Crippen molar-refractivity contribution < 1.29 is 9.90 Å². The fraction of sp³-hybridized carbons (Fsp3) is 0.533. The lowest BCUT2D eigenvalue weighted by Gasteiger charge is -2.26. The van der Waals surface area contributed by atoms with Gasteiger partial charge in [0.2, 0.25) is 0 Å². The molecule has 1 aromatic carbocycles. The summed E-state index contributed by atoms with van der Waals surface area (Å²) in [4.78, 5) is 11.3. The molecule has 3 nitrogen and oxygen atoms in total. The van der Waals surface area contributed by atoms with Crippen molar-refractivity contribution in [3.05, 3.63) is 34.9 Å². The van der Waals surface area contributed by atoms with Gasteiger partial charge in [-0.05, 0) is 43.9 Å². The number of nitrogens with one attached hydrogen (secondary N) is 1. The maximum atomic E-state index is 11.3. The van der Waals surface area contributed by atoms with E-state index in [1.165, 1.54) is 16.7 Å². The normalized spacial score (nSPS) is 14.2. The minimum Gasteiger partial charge on any atom is -0.480 e. The Labute approximate surface area is 109 Å². The van der Waals surface area contributed by atoms with E-state index in [1.54, 1.807) is 6.92 Å². The molecule has 0 aliphatic carbocycles. The van der Waals surface area contributed by atoms with E-state index < -0.39 is 11.5 Å². The Morgan fingerprint density at radius 1 is 1.33 bits per heavy atom. The highest BCUT2D eigenvalue weighted by molar-refractivity contribution is 5.78. The van der Waals surface area contributed by atoms with Crippen LogP contribution in [0.3, 0.4) is 0 Å². The first-order valence-corrected chi connectivity index (χ1v) is 6.44. The van der Waals surface area contributed by atoms with Gasteiger partial charge in [-0.2, -0.15) is 0 Å². The molecular weight excluding hydrogens is 226 g/mol. The van der Waals surface area contributed by atoms with Crippen molar-refractivity contribution in [1.82, 2.24) is 5.32 Å². The molecule has 18 heavy (non-hydrogen) atoms. The number of hydrogen-bond acceptors (Lipinski definition) is 2. The van der Waals surface area contributed by atoms with E-state index in [0.717, 1.165) is 6.42 Å². The zero-order valence-electron chi connectivity index (χ0n) is 11.7. The summed E-state index contributed by atoms with van der Waals surface area (Å²) < 4.78 is 0. The van der Waals surface area contributed by atoms with Crippen LogP contribution in [0.5, 0.6) is 0 Å². The van der Waals surface area contributed by atoms with E-state index >= 15 is 0 Å². The number of carbonyl (C=O) groups is 1. The monoisotopic (exact) mass is 249 g/mol. The summed E-state index contributed by atoms with van der Waals surface area (Å²) in [6.45, 7) is 8.47. The molecular formula is C15H23NO2. The number of hydrogen-bond donors (Lipinski definition) is 2. The van der Waals surface area contributed by atoms with Crippen LogP contribution in [0.25, 0.3) is 0 Å². The number of carboxylic acid groups (broad SMARTS) is 1. The molecule has 0 amide bonds. The van der Waals surface area contributed by atoms with Crippen LogP contribution in [0.2, 0.25) is 0 Å². The molecule has 0 saturated carbocycles. The smallest absolute Gasteiger partial charge is 0.323 e. The Balaban J connectivity index is 2.83. The second-order valence-corrected chi connectivity index (χ2v) is 5.11. The summed E-state index contributed by atoms with van der Waals surface area (Å²) in [6, 6.07) is 6.14. The maximum absolute atomic E-state index is 11.3. The number of rotatable bonds is 6. The van der Waals surface area contributed by atoms with Crippen molar-refractivity contribution in [2.75, 3.05) is 0 Å². The van der Waals surface area contributed by atoms with Crippen molar-refractivity contribution >= 4 is 5.97 Å². The van der Waals surface area contributed by atoms with Crippen molar-refractivity contribution in [3.63, 3.8) is 0 Å². The third-order valence-corrected chi connectivity index (χ3v) is 3.52. The summed E-state index contributed by atoms with van der Waals surface area (Å²) in [5, 5.41) is 12.5. The van der Waals surface area contributed by atoms with E-state index in [4.69, 9.17) is 0 Å². The Hall–Kier alpha value is -1.35. The first kappa shape index (κ1) is 14.7. The maximum Gasteiger partial charge on any atom is 0.323 e. The van der Waals surface area contributed by atoms with Gasteiger partial charge < -0.3 is 5.11 Å². The van der Waals surface area contributed by atoms with Crippen LogP contribution in [-0.2, 0) is 11.3 Å². The van der Waals surface area contributed by atoms with Crippen molar-refractivity contribution in [2.24, 2.45) is 0 Å². The first-order chi connectivity index (χ1) is 8.40. The molecule has 0 aliphatic heterocycles.